The molecule has 5 rings (SSSR count). The second-order valence-corrected chi connectivity index (χ2v) is 9.35. The van der Waals surface area contributed by atoms with Crippen LogP contribution < -0.4 is 14.5 Å². The number of anilines is 2. The summed E-state index contributed by atoms with van der Waals surface area (Å²) in [7, 11) is 1.63. The lowest BCUT2D eigenvalue weighted by Crippen LogP contribution is -2.47. The molecule has 0 bridgehead atoms. The van der Waals surface area contributed by atoms with Crippen molar-refractivity contribution >= 4 is 29.3 Å². The van der Waals surface area contributed by atoms with E-state index in [4.69, 9.17) is 4.74 Å². The number of methoxy groups -OCH3 is 1. The average molecular weight is 503 g/mol. The van der Waals surface area contributed by atoms with Crippen LogP contribution in [0.5, 0.6) is 5.75 Å². The molecule has 1 heterocycles. The number of ether oxygens (including phenoxy) is 1. The number of nitrogens with zero attached hydrogens (tertiary/aromatic N) is 2. The standard InChI is InChI=1S/C33H30N2O3/c1-24-23-31(35(27-13-7-4-8-14-27)33(37)26-11-5-3-6-12-26)29-15-9-10-16-30(29)34(24)32(36)22-19-25-17-20-28(38-2)21-18-25/h3-22,24,31H,23H2,1-2H3/b22-19+/t24-,31-/m1/s1. The molecule has 5 heteroatoms. The van der Waals surface area contributed by atoms with Crippen LogP contribution in [0.3, 0.4) is 0 Å². The first kappa shape index (κ1) is 25.0. The van der Waals surface area contributed by atoms with Gasteiger partial charge >= 0.3 is 0 Å². The Bertz CT molecular complexity index is 1430. The number of para-hydroxylation sites is 2. The fraction of sp³-hybridized carbons (Fsp3) is 0.152. The van der Waals surface area contributed by atoms with Crippen LogP contribution in [-0.2, 0) is 4.79 Å². The van der Waals surface area contributed by atoms with E-state index in [2.05, 4.69) is 0 Å². The van der Waals surface area contributed by atoms with E-state index in [0.29, 0.717) is 12.0 Å². The minimum Gasteiger partial charge on any atom is -0.497 e. The summed E-state index contributed by atoms with van der Waals surface area (Å²) in [6, 6.07) is 34.2. The van der Waals surface area contributed by atoms with Crippen molar-refractivity contribution in [2.24, 2.45) is 0 Å². The van der Waals surface area contributed by atoms with Crippen molar-refractivity contribution in [3.63, 3.8) is 0 Å². The van der Waals surface area contributed by atoms with Crippen LogP contribution in [0.2, 0.25) is 0 Å². The zero-order valence-electron chi connectivity index (χ0n) is 21.5. The molecule has 0 saturated carbocycles. The molecule has 1 aliphatic rings. The normalized spacial score (nSPS) is 16.6. The van der Waals surface area contributed by atoms with Crippen LogP contribution in [0.1, 0.15) is 40.9 Å². The van der Waals surface area contributed by atoms with Gasteiger partial charge in [0.05, 0.1) is 13.2 Å². The number of hydrogen-bond donors (Lipinski definition) is 0. The highest BCUT2D eigenvalue weighted by molar-refractivity contribution is 6.08. The lowest BCUT2D eigenvalue weighted by Gasteiger charge is -2.43. The van der Waals surface area contributed by atoms with E-state index < -0.39 is 0 Å². The maximum Gasteiger partial charge on any atom is 0.258 e. The summed E-state index contributed by atoms with van der Waals surface area (Å²) < 4.78 is 5.22. The molecule has 0 spiro atoms. The van der Waals surface area contributed by atoms with E-state index in [1.54, 1.807) is 13.2 Å². The van der Waals surface area contributed by atoms with Crippen LogP contribution in [-0.4, -0.2) is 25.0 Å². The maximum absolute atomic E-state index is 13.9. The fourth-order valence-electron chi connectivity index (χ4n) is 5.07. The molecule has 5 nitrogen and oxygen atoms in total. The zero-order valence-corrected chi connectivity index (χ0v) is 21.5. The number of hydrogen-bond acceptors (Lipinski definition) is 3. The highest BCUT2D eigenvalue weighted by Crippen LogP contribution is 2.42. The number of rotatable bonds is 6. The number of fused-ring (bicyclic) bond motifs is 1. The number of amides is 2. The smallest absolute Gasteiger partial charge is 0.258 e. The Morgan fingerprint density at radius 1 is 0.842 bits per heavy atom. The highest BCUT2D eigenvalue weighted by atomic mass is 16.5. The molecule has 2 atom stereocenters. The van der Waals surface area contributed by atoms with Crippen LogP contribution in [0.15, 0.2) is 115 Å². The van der Waals surface area contributed by atoms with Crippen molar-refractivity contribution < 1.29 is 14.3 Å². The Balaban J connectivity index is 1.51. The quantitative estimate of drug-likeness (QED) is 0.269. The molecular formula is C33H30N2O3. The summed E-state index contributed by atoms with van der Waals surface area (Å²) in [5.41, 5.74) is 4.14. The Kier molecular flexibility index (Phi) is 7.36. The van der Waals surface area contributed by atoms with Crippen molar-refractivity contribution in [2.75, 3.05) is 16.9 Å². The lowest BCUT2D eigenvalue weighted by molar-refractivity contribution is -0.114. The van der Waals surface area contributed by atoms with Gasteiger partial charge in [-0.25, -0.2) is 0 Å². The summed E-state index contributed by atoms with van der Waals surface area (Å²) in [5.74, 6) is 0.606. The first-order valence-corrected chi connectivity index (χ1v) is 12.7. The molecule has 0 N–H and O–H groups in total. The highest BCUT2D eigenvalue weighted by Gasteiger charge is 2.38. The molecule has 2 amide bonds. The molecule has 190 valence electrons. The van der Waals surface area contributed by atoms with Gasteiger partial charge in [0.15, 0.2) is 0 Å². The SMILES string of the molecule is COc1ccc(/C=C/C(=O)N2c3ccccc3[C@H](N(C(=O)c3ccccc3)c3ccccc3)C[C@H]2C)cc1. The second kappa shape index (κ2) is 11.2. The van der Waals surface area contributed by atoms with Crippen LogP contribution in [0.4, 0.5) is 11.4 Å². The van der Waals surface area contributed by atoms with Gasteiger partial charge in [-0.2, -0.15) is 0 Å². The van der Waals surface area contributed by atoms with Gasteiger partial charge in [0.2, 0.25) is 0 Å². The summed E-state index contributed by atoms with van der Waals surface area (Å²) >= 11 is 0. The predicted octanol–water partition coefficient (Wildman–Crippen LogP) is 6.92. The van der Waals surface area contributed by atoms with Gasteiger partial charge in [-0.05, 0) is 73.0 Å². The molecule has 0 unspecified atom stereocenters. The predicted molar refractivity (Wildman–Crippen MR) is 152 cm³/mol. The minimum atomic E-state index is -0.231. The van der Waals surface area contributed by atoms with E-state index in [0.717, 1.165) is 28.3 Å². The second-order valence-electron chi connectivity index (χ2n) is 9.35. The van der Waals surface area contributed by atoms with Crippen molar-refractivity contribution in [2.45, 2.75) is 25.4 Å². The molecule has 4 aromatic carbocycles. The summed E-state index contributed by atoms with van der Waals surface area (Å²) in [6.07, 6.45) is 4.03. The van der Waals surface area contributed by atoms with Gasteiger partial charge in [0, 0.05) is 29.1 Å². The topological polar surface area (TPSA) is 49.9 Å². The first-order valence-electron chi connectivity index (χ1n) is 12.7. The molecule has 0 fully saturated rings. The molecule has 0 aliphatic carbocycles. The molecule has 4 aromatic rings. The van der Waals surface area contributed by atoms with Crippen molar-refractivity contribution in [1.29, 1.82) is 0 Å². The summed E-state index contributed by atoms with van der Waals surface area (Å²) in [4.78, 5) is 31.1. The van der Waals surface area contributed by atoms with Crippen molar-refractivity contribution in [3.8, 4) is 5.75 Å². The molecule has 0 saturated heterocycles. The Labute approximate surface area is 223 Å². The average Bonchev–Trinajstić information content (AvgIpc) is 2.97. The van der Waals surface area contributed by atoms with E-state index in [1.165, 1.54) is 0 Å². The number of carbonyl (C=O) groups excluding carboxylic acids is 2. The molecule has 0 aromatic heterocycles. The molecule has 0 radical (unpaired) electrons. The Morgan fingerprint density at radius 2 is 1.47 bits per heavy atom. The zero-order chi connectivity index (χ0) is 26.5. The number of benzene rings is 4. The Hall–Kier alpha value is -4.64. The molecular weight excluding hydrogens is 472 g/mol. The maximum atomic E-state index is 13.9. The van der Waals surface area contributed by atoms with E-state index >= 15 is 0 Å². The first-order chi connectivity index (χ1) is 18.6. The van der Waals surface area contributed by atoms with Gasteiger partial charge in [0.1, 0.15) is 5.75 Å². The van der Waals surface area contributed by atoms with Gasteiger partial charge in [0.25, 0.3) is 11.8 Å². The minimum absolute atomic E-state index is 0.0667. The van der Waals surface area contributed by atoms with Crippen LogP contribution in [0.25, 0.3) is 6.08 Å². The van der Waals surface area contributed by atoms with Gasteiger partial charge in [-0.1, -0.05) is 66.7 Å². The van der Waals surface area contributed by atoms with Crippen LogP contribution >= 0.6 is 0 Å². The van der Waals surface area contributed by atoms with E-state index in [9.17, 15) is 9.59 Å². The summed E-state index contributed by atoms with van der Waals surface area (Å²) in [5, 5.41) is 0. The van der Waals surface area contributed by atoms with Gasteiger partial charge in [-0.3, -0.25) is 9.59 Å². The molecule has 1 aliphatic heterocycles. The third-order valence-corrected chi connectivity index (χ3v) is 6.92. The van der Waals surface area contributed by atoms with Crippen LogP contribution in [0, 0.1) is 0 Å². The van der Waals surface area contributed by atoms with Gasteiger partial charge < -0.3 is 14.5 Å². The van der Waals surface area contributed by atoms with Crippen molar-refractivity contribution in [3.05, 3.63) is 132 Å². The number of carbonyl (C=O) groups is 2. The largest absolute Gasteiger partial charge is 0.497 e. The third kappa shape index (κ3) is 5.09. The lowest BCUT2D eigenvalue weighted by atomic mass is 9.89. The van der Waals surface area contributed by atoms with Crippen molar-refractivity contribution in [1.82, 2.24) is 0 Å². The third-order valence-electron chi connectivity index (χ3n) is 6.92. The Morgan fingerprint density at radius 3 is 2.16 bits per heavy atom. The monoisotopic (exact) mass is 502 g/mol. The van der Waals surface area contributed by atoms with E-state index in [-0.39, 0.29) is 23.9 Å². The fourth-order valence-corrected chi connectivity index (χ4v) is 5.07. The summed E-state index contributed by atoms with van der Waals surface area (Å²) in [6.45, 7) is 2.04. The van der Waals surface area contributed by atoms with E-state index in [1.807, 2.05) is 132 Å². The molecule has 38 heavy (non-hydrogen) atoms. The van der Waals surface area contributed by atoms with Gasteiger partial charge in [-0.15, -0.1) is 0 Å².